The van der Waals surface area contributed by atoms with Crippen LogP contribution in [0.1, 0.15) is 37.7 Å². The lowest BCUT2D eigenvalue weighted by Gasteiger charge is -2.29. The van der Waals surface area contributed by atoms with E-state index in [1.54, 1.807) is 38.2 Å². The molecule has 16 heteroatoms. The maximum Gasteiger partial charge on any atom is 0.434 e. The molecule has 0 bridgehead atoms. The molecular formula is C35H43F3N8O4S. The molecule has 0 spiro atoms. The molecule has 2 saturated heterocycles. The van der Waals surface area contributed by atoms with E-state index in [1.807, 2.05) is 4.57 Å². The van der Waals surface area contributed by atoms with Gasteiger partial charge in [0, 0.05) is 94.6 Å². The van der Waals surface area contributed by atoms with E-state index in [1.165, 1.54) is 12.3 Å². The van der Waals surface area contributed by atoms with Gasteiger partial charge in [-0.3, -0.25) is 15.0 Å². The number of thiazole rings is 1. The fraction of sp³-hybridized carbons (Fsp3) is 0.457. The van der Waals surface area contributed by atoms with Crippen LogP contribution in [0.3, 0.4) is 0 Å². The van der Waals surface area contributed by atoms with Gasteiger partial charge in [-0.05, 0) is 56.5 Å². The molecule has 2 amide bonds. The standard InChI is InChI=1S/C35H41F3N8O4S.H2/c1-3-40-34(49)43-30-16-24(32-42-29(21-51-32)35(36,37)38)26(17-41-30)23-5-6-28-25(15-23)31(47)27(33(48)50-4-2)20-46(28)19-22-7-10-45(18-22)14-13-44-11-8-39-9-12-44;/h5-6,15-17,20-22,39H,3-4,7-14,18-19H2,1-2H3,(H2,40,41,43,49);1H. The van der Waals surface area contributed by atoms with E-state index in [4.69, 9.17) is 4.74 Å². The quantitative estimate of drug-likeness (QED) is 0.183. The number of pyridine rings is 2. The van der Waals surface area contributed by atoms with E-state index in [2.05, 4.69) is 35.7 Å². The number of benzene rings is 1. The van der Waals surface area contributed by atoms with Crippen LogP contribution in [0.2, 0.25) is 0 Å². The highest BCUT2D eigenvalue weighted by molar-refractivity contribution is 7.13. The molecule has 2 aliphatic heterocycles. The normalized spacial score (nSPS) is 17.2. The number of nitrogens with zero attached hydrogens (tertiary/aromatic N) is 5. The van der Waals surface area contributed by atoms with E-state index in [0.717, 1.165) is 75.5 Å². The molecule has 3 aromatic heterocycles. The van der Waals surface area contributed by atoms with Crippen molar-refractivity contribution in [1.29, 1.82) is 0 Å². The summed E-state index contributed by atoms with van der Waals surface area (Å²) in [6.45, 7) is 12.4. The summed E-state index contributed by atoms with van der Waals surface area (Å²) in [4.78, 5) is 52.3. The van der Waals surface area contributed by atoms with E-state index in [-0.39, 0.29) is 35.4 Å². The van der Waals surface area contributed by atoms with Crippen molar-refractivity contribution in [2.45, 2.75) is 33.0 Å². The second-order valence-corrected chi connectivity index (χ2v) is 13.5. The van der Waals surface area contributed by atoms with Crippen LogP contribution >= 0.6 is 11.3 Å². The van der Waals surface area contributed by atoms with E-state index in [9.17, 15) is 27.6 Å². The maximum atomic E-state index is 13.9. The Labute approximate surface area is 298 Å². The van der Waals surface area contributed by atoms with E-state index >= 15 is 0 Å². The van der Waals surface area contributed by atoms with Crippen LogP contribution in [-0.2, 0) is 17.5 Å². The minimum Gasteiger partial charge on any atom is -0.462 e. The smallest absolute Gasteiger partial charge is 0.434 e. The number of carbonyl (C=O) groups excluding carboxylic acids is 2. The van der Waals surface area contributed by atoms with Gasteiger partial charge in [-0.15, -0.1) is 11.3 Å². The summed E-state index contributed by atoms with van der Waals surface area (Å²) in [5.41, 5.74) is 0.123. The lowest BCUT2D eigenvalue weighted by molar-refractivity contribution is -0.140. The first-order valence-electron chi connectivity index (χ1n) is 17.1. The summed E-state index contributed by atoms with van der Waals surface area (Å²) in [7, 11) is 0. The maximum absolute atomic E-state index is 13.9. The highest BCUT2D eigenvalue weighted by Crippen LogP contribution is 2.39. The van der Waals surface area contributed by atoms with Crippen molar-refractivity contribution in [3.05, 3.63) is 63.5 Å². The van der Waals surface area contributed by atoms with Crippen LogP contribution in [0.5, 0.6) is 0 Å². The fourth-order valence-electron chi connectivity index (χ4n) is 6.61. The van der Waals surface area contributed by atoms with Crippen molar-refractivity contribution in [1.82, 2.24) is 35.0 Å². The first kappa shape index (κ1) is 36.4. The Morgan fingerprint density at radius 1 is 1.10 bits per heavy atom. The first-order valence-corrected chi connectivity index (χ1v) is 18.0. The second kappa shape index (κ2) is 15.9. The van der Waals surface area contributed by atoms with Gasteiger partial charge in [-0.2, -0.15) is 13.2 Å². The van der Waals surface area contributed by atoms with Gasteiger partial charge in [0.05, 0.1) is 12.1 Å². The molecule has 3 N–H and O–H groups in total. The average Bonchev–Trinajstić information content (AvgIpc) is 3.80. The van der Waals surface area contributed by atoms with Crippen LogP contribution in [0, 0.1) is 5.92 Å². The zero-order valence-corrected chi connectivity index (χ0v) is 29.3. The number of fused-ring (bicyclic) bond motifs is 1. The molecule has 1 atom stereocenters. The van der Waals surface area contributed by atoms with Crippen LogP contribution in [0.15, 0.2) is 46.8 Å². The summed E-state index contributed by atoms with van der Waals surface area (Å²) in [6, 6.07) is 6.11. The third-order valence-corrected chi connectivity index (χ3v) is 10.0. The van der Waals surface area contributed by atoms with Crippen LogP contribution in [0.4, 0.5) is 23.8 Å². The third kappa shape index (κ3) is 8.57. The van der Waals surface area contributed by atoms with Crippen LogP contribution < -0.4 is 21.4 Å². The molecule has 0 saturated carbocycles. The number of hydrogen-bond acceptors (Lipinski definition) is 10. The molecule has 4 aromatic rings. The largest absolute Gasteiger partial charge is 0.462 e. The zero-order chi connectivity index (χ0) is 36.1. The van der Waals surface area contributed by atoms with Crippen molar-refractivity contribution in [2.75, 3.05) is 70.8 Å². The highest BCUT2D eigenvalue weighted by Gasteiger charge is 2.34. The number of amides is 2. The van der Waals surface area contributed by atoms with Gasteiger partial charge in [0.15, 0.2) is 5.69 Å². The monoisotopic (exact) mass is 728 g/mol. The SMILES string of the molecule is CCNC(=O)Nc1cc(-c2nc(C(F)(F)F)cs2)c(-c2ccc3c(c2)c(=O)c(C(=O)OCC)cn3CC2CCN(CCN3CCNCC3)C2)cn1.[HH]. The molecule has 2 aliphatic rings. The Kier molecular flexibility index (Phi) is 11.3. The number of rotatable bonds is 11. The molecule has 5 heterocycles. The van der Waals surface area contributed by atoms with Gasteiger partial charge in [0.1, 0.15) is 16.4 Å². The van der Waals surface area contributed by atoms with Gasteiger partial charge in [0.2, 0.25) is 5.43 Å². The summed E-state index contributed by atoms with van der Waals surface area (Å²) >= 11 is 0.803. The van der Waals surface area contributed by atoms with Gasteiger partial charge in [0.25, 0.3) is 0 Å². The third-order valence-electron chi connectivity index (χ3n) is 9.16. The number of anilines is 1. The summed E-state index contributed by atoms with van der Waals surface area (Å²) < 4.78 is 47.9. The number of halogens is 3. The molecule has 0 radical (unpaired) electrons. The molecular weight excluding hydrogens is 685 g/mol. The summed E-state index contributed by atoms with van der Waals surface area (Å²) in [5, 5.41) is 9.81. The van der Waals surface area contributed by atoms with Crippen molar-refractivity contribution in [2.24, 2.45) is 5.92 Å². The van der Waals surface area contributed by atoms with Gasteiger partial charge in [-0.25, -0.2) is 19.6 Å². The molecule has 1 aromatic carbocycles. The Balaban J connectivity index is 0.00000523. The number of aromatic nitrogens is 3. The highest BCUT2D eigenvalue weighted by atomic mass is 32.1. The van der Waals surface area contributed by atoms with Crippen LogP contribution in [-0.4, -0.2) is 102 Å². The van der Waals surface area contributed by atoms with Crippen molar-refractivity contribution >= 4 is 40.1 Å². The predicted molar refractivity (Wildman–Crippen MR) is 192 cm³/mol. The number of alkyl halides is 3. The van der Waals surface area contributed by atoms with Gasteiger partial charge >= 0.3 is 18.2 Å². The Morgan fingerprint density at radius 3 is 2.61 bits per heavy atom. The zero-order valence-electron chi connectivity index (χ0n) is 28.5. The molecule has 51 heavy (non-hydrogen) atoms. The van der Waals surface area contributed by atoms with E-state index < -0.39 is 29.3 Å². The molecule has 2 fully saturated rings. The Hall–Kier alpha value is -4.38. The average molecular weight is 729 g/mol. The summed E-state index contributed by atoms with van der Waals surface area (Å²) in [5.74, 6) is -0.324. The summed E-state index contributed by atoms with van der Waals surface area (Å²) in [6.07, 6.45) is -0.674. The number of carbonyl (C=O) groups is 2. The van der Waals surface area contributed by atoms with Crippen molar-refractivity contribution in [3.8, 4) is 21.7 Å². The van der Waals surface area contributed by atoms with Crippen molar-refractivity contribution in [3.63, 3.8) is 0 Å². The lowest BCUT2D eigenvalue weighted by Crippen LogP contribution is -2.46. The number of urea groups is 1. The lowest BCUT2D eigenvalue weighted by atomic mass is 9.99. The molecule has 274 valence electrons. The number of nitrogens with one attached hydrogen (secondary N) is 3. The Morgan fingerprint density at radius 2 is 1.88 bits per heavy atom. The predicted octanol–water partition coefficient (Wildman–Crippen LogP) is 5.00. The topological polar surface area (TPSA) is 134 Å². The fourth-order valence-corrected chi connectivity index (χ4v) is 7.47. The molecule has 1 unspecified atom stereocenters. The van der Waals surface area contributed by atoms with Gasteiger partial charge < -0.3 is 24.8 Å². The van der Waals surface area contributed by atoms with Gasteiger partial charge in [-0.1, -0.05) is 6.07 Å². The number of ether oxygens (including phenoxy) is 1. The minimum atomic E-state index is -4.65. The number of esters is 1. The number of likely N-dealkylation sites (tertiary alicyclic amines) is 1. The molecule has 6 rings (SSSR count). The van der Waals surface area contributed by atoms with Crippen LogP contribution in [0.25, 0.3) is 32.6 Å². The molecule has 12 nitrogen and oxygen atoms in total. The number of piperazine rings is 1. The molecule has 0 aliphatic carbocycles. The second-order valence-electron chi connectivity index (χ2n) is 12.7. The van der Waals surface area contributed by atoms with E-state index in [0.29, 0.717) is 35.7 Å². The minimum absolute atomic E-state index is 0. The first-order chi connectivity index (χ1) is 24.5. The number of hydrogen-bond donors (Lipinski definition) is 3. The Bertz CT molecular complexity index is 1950. The van der Waals surface area contributed by atoms with Crippen molar-refractivity contribution < 1.29 is 28.9 Å².